The summed E-state index contributed by atoms with van der Waals surface area (Å²) < 4.78 is 0. The SMILES string of the molecule is CCC(CC)CNC(=O)N1C2CCC1C(C(=O)O)C2. The molecule has 2 saturated heterocycles. The van der Waals surface area contributed by atoms with Crippen molar-refractivity contribution in [1.82, 2.24) is 10.2 Å². The maximum absolute atomic E-state index is 12.2. The molecule has 0 aliphatic carbocycles. The molecule has 19 heavy (non-hydrogen) atoms. The highest BCUT2D eigenvalue weighted by Crippen LogP contribution is 2.41. The number of nitrogens with zero attached hydrogens (tertiary/aromatic N) is 1. The largest absolute Gasteiger partial charge is 0.481 e. The summed E-state index contributed by atoms with van der Waals surface area (Å²) in [4.78, 5) is 25.2. The van der Waals surface area contributed by atoms with E-state index in [0.717, 1.165) is 25.7 Å². The molecule has 2 bridgehead atoms. The van der Waals surface area contributed by atoms with Crippen molar-refractivity contribution < 1.29 is 14.7 Å². The van der Waals surface area contributed by atoms with Crippen LogP contribution in [0, 0.1) is 11.8 Å². The Kier molecular flexibility index (Phi) is 4.32. The number of hydrogen-bond acceptors (Lipinski definition) is 2. The van der Waals surface area contributed by atoms with E-state index < -0.39 is 5.97 Å². The van der Waals surface area contributed by atoms with Crippen molar-refractivity contribution in [3.8, 4) is 0 Å². The maximum atomic E-state index is 12.2. The third kappa shape index (κ3) is 2.69. The van der Waals surface area contributed by atoms with E-state index in [1.54, 1.807) is 4.90 Å². The second-order valence-corrected chi connectivity index (χ2v) is 5.75. The van der Waals surface area contributed by atoms with Crippen molar-refractivity contribution in [1.29, 1.82) is 0 Å². The van der Waals surface area contributed by atoms with Crippen molar-refractivity contribution in [3.63, 3.8) is 0 Å². The van der Waals surface area contributed by atoms with E-state index in [4.69, 9.17) is 0 Å². The van der Waals surface area contributed by atoms with Gasteiger partial charge in [-0.2, -0.15) is 0 Å². The zero-order valence-electron chi connectivity index (χ0n) is 11.8. The lowest BCUT2D eigenvalue weighted by molar-refractivity contribution is -0.142. The third-order valence-corrected chi connectivity index (χ3v) is 4.79. The number of carbonyl (C=O) groups excluding carboxylic acids is 1. The number of amides is 2. The molecule has 3 atom stereocenters. The molecule has 5 heteroatoms. The van der Waals surface area contributed by atoms with Gasteiger partial charge in [0.25, 0.3) is 0 Å². The zero-order chi connectivity index (χ0) is 14.0. The minimum atomic E-state index is -0.759. The maximum Gasteiger partial charge on any atom is 0.317 e. The molecule has 108 valence electrons. The number of aliphatic carboxylic acids is 1. The predicted octanol–water partition coefficient (Wildman–Crippen LogP) is 2.07. The van der Waals surface area contributed by atoms with Gasteiger partial charge in [0.2, 0.25) is 0 Å². The van der Waals surface area contributed by atoms with Crippen LogP contribution in [0.15, 0.2) is 0 Å². The summed E-state index contributed by atoms with van der Waals surface area (Å²) in [6, 6.07) is -0.0276. The third-order valence-electron chi connectivity index (χ3n) is 4.79. The lowest BCUT2D eigenvalue weighted by atomic mass is 9.89. The normalized spacial score (nSPS) is 29.0. The van der Waals surface area contributed by atoms with Gasteiger partial charge >= 0.3 is 12.0 Å². The minimum Gasteiger partial charge on any atom is -0.481 e. The number of carboxylic acid groups (broad SMARTS) is 1. The fourth-order valence-corrected chi connectivity index (χ4v) is 3.47. The predicted molar refractivity (Wildman–Crippen MR) is 71.9 cm³/mol. The first-order valence-corrected chi connectivity index (χ1v) is 7.37. The molecule has 2 aliphatic heterocycles. The molecule has 5 nitrogen and oxygen atoms in total. The fraction of sp³-hybridized carbons (Fsp3) is 0.857. The van der Waals surface area contributed by atoms with E-state index in [-0.39, 0.29) is 24.0 Å². The van der Waals surface area contributed by atoms with Crippen LogP contribution < -0.4 is 5.32 Å². The Morgan fingerprint density at radius 1 is 1.32 bits per heavy atom. The van der Waals surface area contributed by atoms with Crippen LogP contribution in [0.25, 0.3) is 0 Å². The van der Waals surface area contributed by atoms with Gasteiger partial charge in [-0.1, -0.05) is 26.7 Å². The second kappa shape index (κ2) is 5.80. The average Bonchev–Trinajstić information content (AvgIpc) is 2.97. The molecular formula is C14H24N2O3. The molecule has 2 fully saturated rings. The standard InChI is InChI=1S/C14H24N2O3/c1-3-9(4-2)8-15-14(19)16-10-5-6-12(16)11(7-10)13(17)18/h9-12H,3-8H2,1-2H3,(H,15,19)(H,17,18). The number of hydrogen-bond donors (Lipinski definition) is 2. The Hall–Kier alpha value is -1.26. The molecule has 0 aromatic heterocycles. The van der Waals surface area contributed by atoms with Crippen molar-refractivity contribution in [3.05, 3.63) is 0 Å². The average molecular weight is 268 g/mol. The van der Waals surface area contributed by atoms with Crippen molar-refractivity contribution in [2.45, 2.75) is 58.0 Å². The van der Waals surface area contributed by atoms with Crippen molar-refractivity contribution >= 4 is 12.0 Å². The van der Waals surface area contributed by atoms with Gasteiger partial charge in [0.15, 0.2) is 0 Å². The van der Waals surface area contributed by atoms with Gasteiger partial charge in [-0.3, -0.25) is 4.79 Å². The Balaban J connectivity index is 1.92. The summed E-state index contributed by atoms with van der Waals surface area (Å²) in [6.45, 7) is 4.94. The van der Waals surface area contributed by atoms with Crippen molar-refractivity contribution in [2.24, 2.45) is 11.8 Å². The van der Waals surface area contributed by atoms with Gasteiger partial charge in [-0.05, 0) is 25.2 Å². The van der Waals surface area contributed by atoms with E-state index >= 15 is 0 Å². The van der Waals surface area contributed by atoms with E-state index in [2.05, 4.69) is 19.2 Å². The highest BCUT2D eigenvalue weighted by Gasteiger charge is 2.51. The lowest BCUT2D eigenvalue weighted by Crippen LogP contribution is -2.45. The number of carboxylic acids is 1. The Bertz CT molecular complexity index is 355. The van der Waals surface area contributed by atoms with Crippen LogP contribution in [0.1, 0.15) is 46.0 Å². The number of rotatable bonds is 5. The van der Waals surface area contributed by atoms with Crippen LogP contribution in [0.3, 0.4) is 0 Å². The molecule has 0 saturated carbocycles. The number of fused-ring (bicyclic) bond motifs is 2. The number of nitrogens with one attached hydrogen (secondary N) is 1. The monoisotopic (exact) mass is 268 g/mol. The summed E-state index contributed by atoms with van der Waals surface area (Å²) in [5.41, 5.74) is 0. The fourth-order valence-electron chi connectivity index (χ4n) is 3.47. The van der Waals surface area contributed by atoms with Gasteiger partial charge < -0.3 is 15.3 Å². The minimum absolute atomic E-state index is 0.0665. The van der Waals surface area contributed by atoms with Crippen LogP contribution in [0.5, 0.6) is 0 Å². The van der Waals surface area contributed by atoms with Crippen LogP contribution in [0.2, 0.25) is 0 Å². The molecule has 2 rings (SSSR count). The topological polar surface area (TPSA) is 69.6 Å². The molecule has 0 spiro atoms. The van der Waals surface area contributed by atoms with E-state index in [1.165, 1.54) is 0 Å². The summed E-state index contributed by atoms with van der Waals surface area (Å²) in [6.07, 6.45) is 4.52. The Labute approximate surface area is 114 Å². The van der Waals surface area contributed by atoms with Crippen LogP contribution in [-0.4, -0.2) is 40.6 Å². The molecule has 0 aromatic carbocycles. The summed E-state index contributed by atoms with van der Waals surface area (Å²) in [5.74, 6) is -0.609. The van der Waals surface area contributed by atoms with Gasteiger partial charge in [0.05, 0.1) is 5.92 Å². The van der Waals surface area contributed by atoms with Gasteiger partial charge in [-0.25, -0.2) is 4.79 Å². The summed E-state index contributed by atoms with van der Waals surface area (Å²) in [5, 5.41) is 12.2. The highest BCUT2D eigenvalue weighted by atomic mass is 16.4. The zero-order valence-corrected chi connectivity index (χ0v) is 11.8. The lowest BCUT2D eigenvalue weighted by Gasteiger charge is -2.24. The molecule has 2 aliphatic rings. The van der Waals surface area contributed by atoms with Crippen LogP contribution in [-0.2, 0) is 4.79 Å². The Morgan fingerprint density at radius 3 is 2.53 bits per heavy atom. The summed E-state index contributed by atoms with van der Waals surface area (Å²) in [7, 11) is 0. The van der Waals surface area contributed by atoms with Gasteiger partial charge in [0.1, 0.15) is 0 Å². The Morgan fingerprint density at radius 2 is 2.00 bits per heavy atom. The first kappa shape index (κ1) is 14.2. The molecule has 3 unspecified atom stereocenters. The van der Waals surface area contributed by atoms with E-state index in [9.17, 15) is 14.7 Å². The van der Waals surface area contributed by atoms with Crippen LogP contribution >= 0.6 is 0 Å². The first-order valence-electron chi connectivity index (χ1n) is 7.37. The van der Waals surface area contributed by atoms with E-state index in [1.807, 2.05) is 0 Å². The van der Waals surface area contributed by atoms with E-state index in [0.29, 0.717) is 18.9 Å². The first-order chi connectivity index (χ1) is 9.08. The van der Waals surface area contributed by atoms with Crippen molar-refractivity contribution in [2.75, 3.05) is 6.54 Å². The van der Waals surface area contributed by atoms with Gasteiger partial charge in [0, 0.05) is 18.6 Å². The molecular weight excluding hydrogens is 244 g/mol. The quantitative estimate of drug-likeness (QED) is 0.802. The smallest absolute Gasteiger partial charge is 0.317 e. The molecule has 0 radical (unpaired) electrons. The molecule has 2 heterocycles. The van der Waals surface area contributed by atoms with Crippen LogP contribution in [0.4, 0.5) is 4.79 Å². The van der Waals surface area contributed by atoms with Gasteiger partial charge in [-0.15, -0.1) is 0 Å². The summed E-state index contributed by atoms with van der Waals surface area (Å²) >= 11 is 0. The molecule has 2 amide bonds. The molecule has 0 aromatic rings. The second-order valence-electron chi connectivity index (χ2n) is 5.75. The number of urea groups is 1. The number of carbonyl (C=O) groups is 2. The highest BCUT2D eigenvalue weighted by molar-refractivity contribution is 5.79. The molecule has 2 N–H and O–H groups in total.